The van der Waals surface area contributed by atoms with Gasteiger partial charge in [-0.15, -0.1) is 11.8 Å². The molecule has 0 unspecified atom stereocenters. The van der Waals surface area contributed by atoms with E-state index in [1.165, 1.54) is 0 Å². The Hall–Kier alpha value is -1.55. The Bertz CT molecular complexity index is 555. The summed E-state index contributed by atoms with van der Waals surface area (Å²) in [5.41, 5.74) is 1.06. The standard InChI is InChI=1S/C17H23N3S/c1-4-10-18-15-11-16(21-12-13(2)3)20-17(19-15)14-8-6-5-7-9-14/h5-9,11,13H,4,10,12H2,1-3H3,(H,18,19,20). The van der Waals surface area contributed by atoms with Gasteiger partial charge in [0.1, 0.15) is 10.8 Å². The average molecular weight is 301 g/mol. The Kier molecular flexibility index (Phi) is 6.05. The zero-order valence-electron chi connectivity index (χ0n) is 13.0. The molecule has 0 amide bonds. The molecule has 0 bridgehead atoms. The van der Waals surface area contributed by atoms with Gasteiger partial charge in [0.2, 0.25) is 0 Å². The van der Waals surface area contributed by atoms with Gasteiger partial charge < -0.3 is 5.32 Å². The molecule has 1 N–H and O–H groups in total. The van der Waals surface area contributed by atoms with Crippen LogP contribution in [0.25, 0.3) is 11.4 Å². The third-order valence-corrected chi connectivity index (χ3v) is 4.19. The molecular weight excluding hydrogens is 278 g/mol. The number of thioether (sulfide) groups is 1. The quantitative estimate of drug-likeness (QED) is 0.593. The summed E-state index contributed by atoms with van der Waals surface area (Å²) in [5, 5.41) is 4.41. The van der Waals surface area contributed by atoms with Gasteiger partial charge in [0.05, 0.1) is 0 Å². The summed E-state index contributed by atoms with van der Waals surface area (Å²) < 4.78 is 0. The molecule has 0 radical (unpaired) electrons. The van der Waals surface area contributed by atoms with E-state index in [1.807, 2.05) is 18.2 Å². The van der Waals surface area contributed by atoms with Gasteiger partial charge in [0.25, 0.3) is 0 Å². The van der Waals surface area contributed by atoms with Gasteiger partial charge in [-0.3, -0.25) is 0 Å². The summed E-state index contributed by atoms with van der Waals surface area (Å²) >= 11 is 1.79. The van der Waals surface area contributed by atoms with Crippen LogP contribution in [0.4, 0.5) is 5.82 Å². The lowest BCUT2D eigenvalue weighted by Crippen LogP contribution is -2.04. The molecule has 0 fully saturated rings. The minimum atomic E-state index is 0.650. The van der Waals surface area contributed by atoms with Crippen molar-refractivity contribution in [1.82, 2.24) is 9.97 Å². The molecule has 2 aromatic rings. The number of rotatable bonds is 7. The van der Waals surface area contributed by atoms with Gasteiger partial charge in [0, 0.05) is 23.9 Å². The van der Waals surface area contributed by atoms with Crippen LogP contribution in [0.2, 0.25) is 0 Å². The van der Waals surface area contributed by atoms with E-state index in [2.05, 4.69) is 49.3 Å². The minimum Gasteiger partial charge on any atom is -0.370 e. The smallest absolute Gasteiger partial charge is 0.162 e. The topological polar surface area (TPSA) is 37.8 Å². The molecule has 1 aromatic heterocycles. The lowest BCUT2D eigenvalue weighted by Gasteiger charge is -2.10. The first-order chi connectivity index (χ1) is 10.2. The van der Waals surface area contributed by atoms with E-state index in [0.29, 0.717) is 5.92 Å². The summed E-state index contributed by atoms with van der Waals surface area (Å²) in [4.78, 5) is 9.33. The van der Waals surface area contributed by atoms with Crippen LogP contribution < -0.4 is 5.32 Å². The van der Waals surface area contributed by atoms with Crippen LogP contribution in [-0.4, -0.2) is 22.3 Å². The largest absolute Gasteiger partial charge is 0.370 e. The second-order valence-corrected chi connectivity index (χ2v) is 6.45. The van der Waals surface area contributed by atoms with Gasteiger partial charge in [-0.1, -0.05) is 51.1 Å². The Morgan fingerprint density at radius 2 is 1.90 bits per heavy atom. The highest BCUT2D eigenvalue weighted by Crippen LogP contribution is 2.25. The van der Waals surface area contributed by atoms with Crippen LogP contribution in [0, 0.1) is 5.92 Å². The molecular formula is C17H23N3S. The van der Waals surface area contributed by atoms with Crippen LogP contribution in [0.1, 0.15) is 27.2 Å². The maximum atomic E-state index is 4.70. The first-order valence-corrected chi connectivity index (χ1v) is 8.48. The molecule has 0 aliphatic heterocycles. The van der Waals surface area contributed by atoms with Crippen molar-refractivity contribution in [3.8, 4) is 11.4 Å². The number of nitrogens with zero attached hydrogens (tertiary/aromatic N) is 2. The molecule has 0 spiro atoms. The number of benzene rings is 1. The fourth-order valence-corrected chi connectivity index (χ4v) is 2.66. The van der Waals surface area contributed by atoms with E-state index in [4.69, 9.17) is 4.98 Å². The first-order valence-electron chi connectivity index (χ1n) is 7.50. The predicted octanol–water partition coefficient (Wildman–Crippen LogP) is 4.71. The lowest BCUT2D eigenvalue weighted by molar-refractivity contribution is 0.749. The molecule has 4 heteroatoms. The van der Waals surface area contributed by atoms with Crippen LogP contribution in [-0.2, 0) is 0 Å². The summed E-state index contributed by atoms with van der Waals surface area (Å²) in [6.07, 6.45) is 1.08. The minimum absolute atomic E-state index is 0.650. The van der Waals surface area contributed by atoms with Crippen LogP contribution >= 0.6 is 11.8 Å². The third kappa shape index (κ3) is 5.05. The van der Waals surface area contributed by atoms with Crippen molar-refractivity contribution in [1.29, 1.82) is 0 Å². The van der Waals surface area contributed by atoms with Gasteiger partial charge in [-0.05, 0) is 12.3 Å². The Balaban J connectivity index is 2.28. The van der Waals surface area contributed by atoms with Crippen molar-refractivity contribution in [3.63, 3.8) is 0 Å². The molecule has 1 heterocycles. The van der Waals surface area contributed by atoms with E-state index < -0.39 is 0 Å². The van der Waals surface area contributed by atoms with Crippen molar-refractivity contribution >= 4 is 17.6 Å². The van der Waals surface area contributed by atoms with Crippen molar-refractivity contribution in [3.05, 3.63) is 36.4 Å². The number of nitrogens with one attached hydrogen (secondary N) is 1. The molecule has 21 heavy (non-hydrogen) atoms. The maximum Gasteiger partial charge on any atom is 0.162 e. The Morgan fingerprint density at radius 3 is 2.57 bits per heavy atom. The molecule has 112 valence electrons. The highest BCUT2D eigenvalue weighted by Gasteiger charge is 2.08. The van der Waals surface area contributed by atoms with Crippen LogP contribution in [0.5, 0.6) is 0 Å². The number of aromatic nitrogens is 2. The van der Waals surface area contributed by atoms with Crippen molar-refractivity contribution < 1.29 is 0 Å². The molecule has 0 saturated carbocycles. The molecule has 1 aromatic carbocycles. The molecule has 0 aliphatic carbocycles. The lowest BCUT2D eigenvalue weighted by atomic mass is 10.2. The fraction of sp³-hybridized carbons (Fsp3) is 0.412. The number of hydrogen-bond donors (Lipinski definition) is 1. The third-order valence-electron chi connectivity index (χ3n) is 2.86. The van der Waals surface area contributed by atoms with E-state index in [1.54, 1.807) is 11.8 Å². The molecule has 0 saturated heterocycles. The SMILES string of the molecule is CCCNc1cc(SCC(C)C)nc(-c2ccccc2)n1. The molecule has 0 aliphatic rings. The first kappa shape index (κ1) is 15.8. The Morgan fingerprint density at radius 1 is 1.14 bits per heavy atom. The van der Waals surface area contributed by atoms with Gasteiger partial charge in [-0.25, -0.2) is 9.97 Å². The normalized spacial score (nSPS) is 10.9. The highest BCUT2D eigenvalue weighted by atomic mass is 32.2. The Labute approximate surface area is 131 Å². The summed E-state index contributed by atoms with van der Waals surface area (Å²) in [6, 6.07) is 12.2. The van der Waals surface area contributed by atoms with Crippen LogP contribution in [0.15, 0.2) is 41.4 Å². The van der Waals surface area contributed by atoms with E-state index in [-0.39, 0.29) is 0 Å². The van der Waals surface area contributed by atoms with Crippen molar-refractivity contribution in [2.75, 3.05) is 17.6 Å². The monoisotopic (exact) mass is 301 g/mol. The summed E-state index contributed by atoms with van der Waals surface area (Å²) in [6.45, 7) is 7.53. The highest BCUT2D eigenvalue weighted by molar-refractivity contribution is 7.99. The summed E-state index contributed by atoms with van der Waals surface area (Å²) in [5.74, 6) is 3.43. The molecule has 2 rings (SSSR count). The van der Waals surface area contributed by atoms with Crippen molar-refractivity contribution in [2.24, 2.45) is 5.92 Å². The predicted molar refractivity (Wildman–Crippen MR) is 91.8 cm³/mol. The number of anilines is 1. The zero-order chi connectivity index (χ0) is 15.1. The van der Waals surface area contributed by atoms with Gasteiger partial charge in [0.15, 0.2) is 5.82 Å². The van der Waals surface area contributed by atoms with E-state index >= 15 is 0 Å². The molecule has 0 atom stereocenters. The average Bonchev–Trinajstić information content (AvgIpc) is 2.51. The van der Waals surface area contributed by atoms with E-state index in [0.717, 1.165) is 41.0 Å². The van der Waals surface area contributed by atoms with Gasteiger partial charge >= 0.3 is 0 Å². The van der Waals surface area contributed by atoms with Gasteiger partial charge in [-0.2, -0.15) is 0 Å². The van der Waals surface area contributed by atoms with Crippen molar-refractivity contribution in [2.45, 2.75) is 32.2 Å². The van der Waals surface area contributed by atoms with E-state index in [9.17, 15) is 0 Å². The maximum absolute atomic E-state index is 4.70. The second-order valence-electron chi connectivity index (χ2n) is 5.41. The zero-order valence-corrected chi connectivity index (χ0v) is 13.8. The molecule has 3 nitrogen and oxygen atoms in total. The number of hydrogen-bond acceptors (Lipinski definition) is 4. The fourth-order valence-electron chi connectivity index (χ4n) is 1.81. The second kappa shape index (κ2) is 8.03. The summed E-state index contributed by atoms with van der Waals surface area (Å²) in [7, 11) is 0. The van der Waals surface area contributed by atoms with Crippen LogP contribution in [0.3, 0.4) is 0 Å².